The number of carbonyl (C=O) groups is 3. The molecule has 1 aliphatic rings. The van der Waals surface area contributed by atoms with Gasteiger partial charge in [0.2, 0.25) is 11.8 Å². The summed E-state index contributed by atoms with van der Waals surface area (Å²) in [6.45, 7) is 14.0. The molecule has 7 nitrogen and oxygen atoms in total. The van der Waals surface area contributed by atoms with Gasteiger partial charge in [-0.15, -0.1) is 0 Å². The first kappa shape index (κ1) is 30.7. The van der Waals surface area contributed by atoms with E-state index in [1.54, 1.807) is 43.5 Å². The molecule has 1 fully saturated rings. The fourth-order valence-electron chi connectivity index (χ4n) is 4.27. The Balaban J connectivity index is 2.45. The standard InChI is InChI=1S/C29H45N3O4S/c1-8-10-11-16-30-26(33)25(22-14-12-13-21(9-2)19-22)32(24-18-20(24)3)27(34)23(15-17-37-7)31-28(35)36-29(4,5)6/h9,12-14,19-20,23-25H,2,8,10-11,15-18H2,1,3-7H3,(H,30,33)(H,31,35). The van der Waals surface area contributed by atoms with Gasteiger partial charge in [0.1, 0.15) is 17.7 Å². The molecular formula is C29H45N3O4S. The number of carbonyl (C=O) groups excluding carboxylic acids is 3. The van der Waals surface area contributed by atoms with E-state index >= 15 is 0 Å². The monoisotopic (exact) mass is 531 g/mol. The van der Waals surface area contributed by atoms with Crippen molar-refractivity contribution >= 4 is 35.7 Å². The van der Waals surface area contributed by atoms with Crippen molar-refractivity contribution in [3.05, 3.63) is 42.0 Å². The molecule has 206 valence electrons. The number of ether oxygens (including phenoxy) is 1. The van der Waals surface area contributed by atoms with E-state index in [-0.39, 0.29) is 23.8 Å². The predicted molar refractivity (Wildman–Crippen MR) is 152 cm³/mol. The molecule has 1 aliphatic carbocycles. The van der Waals surface area contributed by atoms with Crippen molar-refractivity contribution in [2.24, 2.45) is 5.92 Å². The lowest BCUT2D eigenvalue weighted by Crippen LogP contribution is -2.54. The molecule has 0 bridgehead atoms. The Kier molecular flexibility index (Phi) is 12.0. The Labute approximate surface area is 227 Å². The molecule has 0 radical (unpaired) electrons. The Hall–Kier alpha value is -2.48. The van der Waals surface area contributed by atoms with Crippen LogP contribution >= 0.6 is 11.8 Å². The molecule has 0 aromatic heterocycles. The molecule has 1 saturated carbocycles. The van der Waals surface area contributed by atoms with Crippen LogP contribution in [0.3, 0.4) is 0 Å². The lowest BCUT2D eigenvalue weighted by molar-refractivity contribution is -0.143. The van der Waals surface area contributed by atoms with Crippen molar-refractivity contribution in [2.75, 3.05) is 18.6 Å². The fourth-order valence-corrected chi connectivity index (χ4v) is 4.74. The highest BCUT2D eigenvalue weighted by atomic mass is 32.2. The summed E-state index contributed by atoms with van der Waals surface area (Å²) in [4.78, 5) is 42.2. The maximum Gasteiger partial charge on any atom is 0.408 e. The molecule has 37 heavy (non-hydrogen) atoms. The van der Waals surface area contributed by atoms with Crippen LogP contribution in [0.15, 0.2) is 30.8 Å². The van der Waals surface area contributed by atoms with Gasteiger partial charge >= 0.3 is 6.09 Å². The van der Waals surface area contributed by atoms with Gasteiger partial charge in [0, 0.05) is 12.6 Å². The maximum atomic E-state index is 14.2. The van der Waals surface area contributed by atoms with Crippen molar-refractivity contribution in [1.29, 1.82) is 0 Å². The van der Waals surface area contributed by atoms with Crippen LogP contribution in [0.25, 0.3) is 6.08 Å². The average molecular weight is 532 g/mol. The second-order valence-electron chi connectivity index (χ2n) is 10.8. The number of hydrogen-bond acceptors (Lipinski definition) is 5. The van der Waals surface area contributed by atoms with E-state index in [1.807, 2.05) is 30.5 Å². The number of alkyl carbamates (subject to hydrolysis) is 1. The highest BCUT2D eigenvalue weighted by Gasteiger charge is 2.48. The minimum atomic E-state index is -0.804. The quantitative estimate of drug-likeness (QED) is 0.307. The normalized spacial score (nSPS) is 18.3. The molecule has 1 aromatic carbocycles. The Morgan fingerprint density at radius 2 is 1.97 bits per heavy atom. The Bertz CT molecular complexity index is 930. The zero-order valence-electron chi connectivity index (χ0n) is 23.3. The lowest BCUT2D eigenvalue weighted by Gasteiger charge is -2.35. The van der Waals surface area contributed by atoms with Crippen LogP contribution in [0.5, 0.6) is 0 Å². The van der Waals surface area contributed by atoms with Crippen LogP contribution in [-0.2, 0) is 14.3 Å². The molecule has 0 spiro atoms. The van der Waals surface area contributed by atoms with Gasteiger partial charge in [-0.3, -0.25) is 9.59 Å². The van der Waals surface area contributed by atoms with Gasteiger partial charge in [-0.25, -0.2) is 4.79 Å². The Morgan fingerprint density at radius 1 is 1.27 bits per heavy atom. The minimum absolute atomic E-state index is 0.0801. The van der Waals surface area contributed by atoms with Gasteiger partial charge in [0.25, 0.3) is 0 Å². The number of nitrogens with zero attached hydrogens (tertiary/aromatic N) is 1. The summed E-state index contributed by atoms with van der Waals surface area (Å²) in [5.74, 6) is 0.488. The number of thioether (sulfide) groups is 1. The van der Waals surface area contributed by atoms with Crippen LogP contribution in [-0.4, -0.2) is 59.0 Å². The number of rotatable bonds is 14. The van der Waals surface area contributed by atoms with Crippen LogP contribution in [0, 0.1) is 5.92 Å². The molecule has 0 heterocycles. The highest BCUT2D eigenvalue weighted by Crippen LogP contribution is 2.41. The predicted octanol–water partition coefficient (Wildman–Crippen LogP) is 5.56. The van der Waals surface area contributed by atoms with Crippen molar-refractivity contribution in [2.45, 2.75) is 90.4 Å². The molecular weight excluding hydrogens is 486 g/mol. The van der Waals surface area contributed by atoms with E-state index in [4.69, 9.17) is 4.74 Å². The molecule has 3 amide bonds. The van der Waals surface area contributed by atoms with E-state index < -0.39 is 23.8 Å². The SMILES string of the molecule is C=Cc1cccc(C(C(=O)NCCCCC)N(C(=O)C(CCSC)NC(=O)OC(C)(C)C)C2CC2C)c1. The van der Waals surface area contributed by atoms with Crippen LogP contribution < -0.4 is 10.6 Å². The third-order valence-electron chi connectivity index (χ3n) is 6.35. The first-order chi connectivity index (χ1) is 17.5. The van der Waals surface area contributed by atoms with Crippen molar-refractivity contribution in [1.82, 2.24) is 15.5 Å². The third-order valence-corrected chi connectivity index (χ3v) is 6.99. The first-order valence-corrected chi connectivity index (χ1v) is 14.7. The van der Waals surface area contributed by atoms with Crippen molar-refractivity contribution < 1.29 is 19.1 Å². The summed E-state index contributed by atoms with van der Waals surface area (Å²) in [6.07, 6.45) is 7.27. The largest absolute Gasteiger partial charge is 0.444 e. The molecule has 4 unspecified atom stereocenters. The van der Waals surface area contributed by atoms with Crippen LogP contribution in [0.4, 0.5) is 4.79 Å². The highest BCUT2D eigenvalue weighted by molar-refractivity contribution is 7.98. The first-order valence-electron chi connectivity index (χ1n) is 13.3. The minimum Gasteiger partial charge on any atom is -0.444 e. The van der Waals surface area contributed by atoms with Gasteiger partial charge in [0.15, 0.2) is 0 Å². The van der Waals surface area contributed by atoms with Crippen LogP contribution in [0.2, 0.25) is 0 Å². The molecule has 2 N–H and O–H groups in total. The topological polar surface area (TPSA) is 87.7 Å². The van der Waals surface area contributed by atoms with E-state index in [0.717, 1.165) is 36.8 Å². The summed E-state index contributed by atoms with van der Waals surface area (Å²) < 4.78 is 5.46. The molecule has 1 aromatic rings. The number of nitrogens with one attached hydrogen (secondary N) is 2. The number of unbranched alkanes of at least 4 members (excludes halogenated alkanes) is 2. The smallest absolute Gasteiger partial charge is 0.408 e. The maximum absolute atomic E-state index is 14.2. The zero-order chi connectivity index (χ0) is 27.6. The van der Waals surface area contributed by atoms with Crippen molar-refractivity contribution in [3.63, 3.8) is 0 Å². The molecule has 0 saturated heterocycles. The fraction of sp³-hybridized carbons (Fsp3) is 0.621. The Morgan fingerprint density at radius 3 is 2.54 bits per heavy atom. The molecule has 2 rings (SSSR count). The van der Waals surface area contributed by atoms with Gasteiger partial charge in [-0.2, -0.15) is 11.8 Å². The number of amides is 3. The van der Waals surface area contributed by atoms with Crippen LogP contribution in [0.1, 0.15) is 83.9 Å². The molecule has 4 atom stereocenters. The summed E-state index contributed by atoms with van der Waals surface area (Å²) in [7, 11) is 0. The van der Waals surface area contributed by atoms with Gasteiger partial charge in [0.05, 0.1) is 0 Å². The number of hydrogen-bond donors (Lipinski definition) is 2. The van der Waals surface area contributed by atoms with Gasteiger partial charge in [-0.1, -0.05) is 57.5 Å². The van der Waals surface area contributed by atoms with E-state index in [2.05, 4.69) is 31.1 Å². The average Bonchev–Trinajstić information content (AvgIpc) is 3.56. The summed E-state index contributed by atoms with van der Waals surface area (Å²) >= 11 is 1.60. The van der Waals surface area contributed by atoms with Gasteiger partial charge < -0.3 is 20.3 Å². The van der Waals surface area contributed by atoms with Crippen molar-refractivity contribution in [3.8, 4) is 0 Å². The second-order valence-corrected chi connectivity index (χ2v) is 11.8. The second kappa shape index (κ2) is 14.5. The van der Waals surface area contributed by atoms with Gasteiger partial charge in [-0.05, 0) is 75.2 Å². The third kappa shape index (κ3) is 9.72. The summed E-state index contributed by atoms with van der Waals surface area (Å²) in [5.41, 5.74) is 0.926. The van der Waals surface area contributed by atoms with E-state index in [0.29, 0.717) is 18.7 Å². The van der Waals surface area contributed by atoms with E-state index in [9.17, 15) is 14.4 Å². The molecule has 0 aliphatic heterocycles. The number of benzene rings is 1. The summed E-state index contributed by atoms with van der Waals surface area (Å²) in [5, 5.41) is 5.87. The summed E-state index contributed by atoms with van der Waals surface area (Å²) in [6, 6.07) is 5.92. The van der Waals surface area contributed by atoms with E-state index in [1.165, 1.54) is 0 Å². The molecule has 8 heteroatoms. The lowest BCUT2D eigenvalue weighted by atomic mass is 9.99. The zero-order valence-corrected chi connectivity index (χ0v) is 24.2.